The lowest BCUT2D eigenvalue weighted by molar-refractivity contribution is 0.0743. The Balaban J connectivity index is 2.20. The first-order valence-corrected chi connectivity index (χ1v) is 8.80. The van der Waals surface area contributed by atoms with Crippen LogP contribution in [0.2, 0.25) is 0 Å². The van der Waals surface area contributed by atoms with E-state index in [1.54, 1.807) is 0 Å². The van der Waals surface area contributed by atoms with Crippen LogP contribution in [0, 0.1) is 0 Å². The van der Waals surface area contributed by atoms with Gasteiger partial charge in [-0.2, -0.15) is 0 Å². The molecular formula is C15H15Br2NOS. The first-order chi connectivity index (χ1) is 9.61. The van der Waals surface area contributed by atoms with Crippen LogP contribution in [0.1, 0.15) is 29.3 Å². The Bertz CT molecular complexity index is 583. The van der Waals surface area contributed by atoms with Gasteiger partial charge in [0.05, 0.1) is 13.1 Å². The molecule has 0 radical (unpaired) electrons. The van der Waals surface area contributed by atoms with Gasteiger partial charge < -0.3 is 4.90 Å². The van der Waals surface area contributed by atoms with E-state index in [1.165, 1.54) is 11.3 Å². The standard InChI is InChI=1S/C15H15Br2NOS/c1-2-8-18(10-11-6-4-3-5-7-11)15(19)12-9-13(16)20-14(12)17/h3-7,9H,2,8,10H2,1H3. The van der Waals surface area contributed by atoms with Gasteiger partial charge in [0, 0.05) is 13.1 Å². The van der Waals surface area contributed by atoms with Crippen LogP contribution in [0.25, 0.3) is 0 Å². The smallest absolute Gasteiger partial charge is 0.256 e. The number of thiophene rings is 1. The summed E-state index contributed by atoms with van der Waals surface area (Å²) in [4.78, 5) is 14.6. The Labute approximate surface area is 140 Å². The highest BCUT2D eigenvalue weighted by atomic mass is 79.9. The van der Waals surface area contributed by atoms with Gasteiger partial charge in [-0.05, 0) is 49.9 Å². The Morgan fingerprint density at radius 1 is 1.25 bits per heavy atom. The van der Waals surface area contributed by atoms with Gasteiger partial charge in [0.15, 0.2) is 0 Å². The van der Waals surface area contributed by atoms with E-state index in [9.17, 15) is 4.79 Å². The molecule has 0 aliphatic heterocycles. The van der Waals surface area contributed by atoms with Crippen molar-refractivity contribution in [2.75, 3.05) is 6.54 Å². The van der Waals surface area contributed by atoms with Crippen molar-refractivity contribution in [1.29, 1.82) is 0 Å². The molecule has 1 aromatic carbocycles. The van der Waals surface area contributed by atoms with Crippen LogP contribution in [0.5, 0.6) is 0 Å². The number of hydrogen-bond acceptors (Lipinski definition) is 2. The molecule has 0 fully saturated rings. The maximum absolute atomic E-state index is 12.7. The van der Waals surface area contributed by atoms with Crippen LogP contribution in [-0.2, 0) is 6.54 Å². The molecule has 0 saturated heterocycles. The summed E-state index contributed by atoms with van der Waals surface area (Å²) in [6, 6.07) is 12.0. The molecule has 0 saturated carbocycles. The van der Waals surface area contributed by atoms with Crippen LogP contribution in [0.3, 0.4) is 0 Å². The van der Waals surface area contributed by atoms with Crippen LogP contribution in [0.4, 0.5) is 0 Å². The number of nitrogens with zero attached hydrogens (tertiary/aromatic N) is 1. The second-order valence-corrected chi connectivity index (χ2v) is 8.20. The molecule has 0 aliphatic rings. The predicted molar refractivity (Wildman–Crippen MR) is 91.2 cm³/mol. The predicted octanol–water partition coefficient (Wildman–Crippen LogP) is 5.33. The van der Waals surface area contributed by atoms with Crippen molar-refractivity contribution >= 4 is 49.1 Å². The highest BCUT2D eigenvalue weighted by Gasteiger charge is 2.20. The first kappa shape index (κ1) is 15.7. The Morgan fingerprint density at radius 3 is 2.50 bits per heavy atom. The molecule has 0 unspecified atom stereocenters. The Kier molecular flexibility index (Phi) is 5.81. The third-order valence-corrected chi connectivity index (χ3v) is 5.22. The number of benzene rings is 1. The van der Waals surface area contributed by atoms with Crippen LogP contribution < -0.4 is 0 Å². The van der Waals surface area contributed by atoms with Crippen LogP contribution in [-0.4, -0.2) is 17.4 Å². The van der Waals surface area contributed by atoms with Gasteiger partial charge in [-0.1, -0.05) is 37.3 Å². The number of rotatable bonds is 5. The summed E-state index contributed by atoms with van der Waals surface area (Å²) in [5, 5.41) is 0. The Morgan fingerprint density at radius 2 is 1.95 bits per heavy atom. The van der Waals surface area contributed by atoms with Crippen LogP contribution >= 0.6 is 43.2 Å². The van der Waals surface area contributed by atoms with Gasteiger partial charge in [0.25, 0.3) is 5.91 Å². The maximum Gasteiger partial charge on any atom is 0.256 e. The number of carbonyl (C=O) groups is 1. The minimum absolute atomic E-state index is 0.0736. The third-order valence-electron chi connectivity index (χ3n) is 2.88. The molecule has 106 valence electrons. The molecule has 0 spiro atoms. The van der Waals surface area contributed by atoms with E-state index in [0.29, 0.717) is 6.54 Å². The van der Waals surface area contributed by atoms with Crippen molar-refractivity contribution in [2.24, 2.45) is 0 Å². The van der Waals surface area contributed by atoms with Gasteiger partial charge in [-0.3, -0.25) is 4.79 Å². The first-order valence-electron chi connectivity index (χ1n) is 6.40. The van der Waals surface area contributed by atoms with E-state index in [4.69, 9.17) is 0 Å². The van der Waals surface area contributed by atoms with Crippen LogP contribution in [0.15, 0.2) is 44.0 Å². The molecule has 2 rings (SSSR count). The summed E-state index contributed by atoms with van der Waals surface area (Å²) in [6.45, 7) is 3.49. The second kappa shape index (κ2) is 7.38. The zero-order chi connectivity index (χ0) is 14.5. The topological polar surface area (TPSA) is 20.3 Å². The summed E-state index contributed by atoms with van der Waals surface area (Å²) in [7, 11) is 0. The average Bonchev–Trinajstić information content (AvgIpc) is 2.77. The zero-order valence-corrected chi connectivity index (χ0v) is 15.1. The maximum atomic E-state index is 12.7. The van der Waals surface area contributed by atoms with Crippen molar-refractivity contribution in [2.45, 2.75) is 19.9 Å². The van der Waals surface area contributed by atoms with Gasteiger partial charge in [-0.25, -0.2) is 0 Å². The summed E-state index contributed by atoms with van der Waals surface area (Å²) in [5.41, 5.74) is 1.88. The van der Waals surface area contributed by atoms with E-state index in [1.807, 2.05) is 29.2 Å². The zero-order valence-electron chi connectivity index (χ0n) is 11.1. The highest BCUT2D eigenvalue weighted by Crippen LogP contribution is 2.32. The minimum atomic E-state index is 0.0736. The number of carbonyl (C=O) groups excluding carboxylic acids is 1. The second-order valence-electron chi connectivity index (χ2n) is 4.45. The quantitative estimate of drug-likeness (QED) is 0.645. The number of hydrogen-bond donors (Lipinski definition) is 0. The fourth-order valence-electron chi connectivity index (χ4n) is 1.98. The average molecular weight is 417 g/mol. The number of halogens is 2. The summed E-state index contributed by atoms with van der Waals surface area (Å²) >= 11 is 8.41. The SMILES string of the molecule is CCCN(Cc1ccccc1)C(=O)c1cc(Br)sc1Br. The summed E-state index contributed by atoms with van der Waals surface area (Å²) in [5.74, 6) is 0.0736. The molecule has 1 amide bonds. The van der Waals surface area contributed by atoms with Gasteiger partial charge in [-0.15, -0.1) is 11.3 Å². The molecule has 0 bridgehead atoms. The van der Waals surface area contributed by atoms with Crippen molar-refractivity contribution in [1.82, 2.24) is 4.90 Å². The fourth-order valence-corrected chi connectivity index (χ4v) is 4.76. The molecule has 0 atom stereocenters. The van der Waals surface area contributed by atoms with E-state index in [2.05, 4.69) is 50.9 Å². The molecule has 2 nitrogen and oxygen atoms in total. The summed E-state index contributed by atoms with van der Waals surface area (Å²) < 4.78 is 1.84. The lowest BCUT2D eigenvalue weighted by atomic mass is 10.2. The largest absolute Gasteiger partial charge is 0.334 e. The molecule has 1 heterocycles. The van der Waals surface area contributed by atoms with Gasteiger partial charge >= 0.3 is 0 Å². The molecule has 2 aromatic rings. The third kappa shape index (κ3) is 3.93. The number of amides is 1. The minimum Gasteiger partial charge on any atom is -0.334 e. The fraction of sp³-hybridized carbons (Fsp3) is 0.267. The highest BCUT2D eigenvalue weighted by molar-refractivity contribution is 9.12. The summed E-state index contributed by atoms with van der Waals surface area (Å²) in [6.07, 6.45) is 0.946. The lowest BCUT2D eigenvalue weighted by Gasteiger charge is -2.22. The van der Waals surface area contributed by atoms with Crippen molar-refractivity contribution in [3.63, 3.8) is 0 Å². The van der Waals surface area contributed by atoms with Crippen molar-refractivity contribution < 1.29 is 4.79 Å². The van der Waals surface area contributed by atoms with Crippen molar-refractivity contribution in [3.05, 3.63) is 55.1 Å². The van der Waals surface area contributed by atoms with E-state index < -0.39 is 0 Å². The van der Waals surface area contributed by atoms with E-state index >= 15 is 0 Å². The van der Waals surface area contributed by atoms with E-state index in [-0.39, 0.29) is 5.91 Å². The monoisotopic (exact) mass is 415 g/mol. The molecule has 20 heavy (non-hydrogen) atoms. The normalized spacial score (nSPS) is 10.6. The van der Waals surface area contributed by atoms with Gasteiger partial charge in [0.1, 0.15) is 0 Å². The Hall–Kier alpha value is -0.650. The lowest BCUT2D eigenvalue weighted by Crippen LogP contribution is -2.31. The molecule has 1 aromatic heterocycles. The molecular weight excluding hydrogens is 402 g/mol. The molecule has 5 heteroatoms. The van der Waals surface area contributed by atoms with E-state index in [0.717, 1.165) is 31.7 Å². The molecule has 0 N–H and O–H groups in total. The van der Waals surface area contributed by atoms with Crippen molar-refractivity contribution in [3.8, 4) is 0 Å². The molecule has 0 aliphatic carbocycles. The van der Waals surface area contributed by atoms with Gasteiger partial charge in [0.2, 0.25) is 0 Å².